The van der Waals surface area contributed by atoms with E-state index in [1.165, 1.54) is 37.6 Å². The van der Waals surface area contributed by atoms with E-state index in [1.807, 2.05) is 0 Å². The Hall–Kier alpha value is -3.40. The summed E-state index contributed by atoms with van der Waals surface area (Å²) >= 11 is 12.9. The number of carbonyl (C=O) groups excluding carboxylic acids is 3. The van der Waals surface area contributed by atoms with Crippen molar-refractivity contribution in [2.24, 2.45) is 0 Å². The van der Waals surface area contributed by atoms with Crippen LogP contribution in [0.2, 0.25) is 10.0 Å². The summed E-state index contributed by atoms with van der Waals surface area (Å²) in [6, 6.07) is 4.62. The van der Waals surface area contributed by atoms with Gasteiger partial charge in [0.1, 0.15) is 19.0 Å². The highest BCUT2D eigenvalue weighted by Crippen LogP contribution is 2.39. The highest BCUT2D eigenvalue weighted by molar-refractivity contribution is 6.37. The maximum Gasteiger partial charge on any atom is 0.339 e. The lowest BCUT2D eigenvalue weighted by molar-refractivity contribution is -0.140. The summed E-state index contributed by atoms with van der Waals surface area (Å²) in [5.74, 6) is -1.26. The Morgan fingerprint density at radius 1 is 1.00 bits per heavy atom. The van der Waals surface area contributed by atoms with Gasteiger partial charge in [-0.3, -0.25) is 9.78 Å². The number of aromatic nitrogens is 1. The largest absolute Gasteiger partial charge is 0.488 e. The van der Waals surface area contributed by atoms with Crippen molar-refractivity contribution in [2.45, 2.75) is 32.2 Å². The Morgan fingerprint density at radius 3 is 2.44 bits per heavy atom. The van der Waals surface area contributed by atoms with Crippen LogP contribution in [0.1, 0.15) is 41.6 Å². The molecule has 0 unspecified atom stereocenters. The van der Waals surface area contributed by atoms with Gasteiger partial charge in [0, 0.05) is 36.7 Å². The van der Waals surface area contributed by atoms with Gasteiger partial charge in [-0.1, -0.05) is 35.9 Å². The zero-order valence-corrected chi connectivity index (χ0v) is 23.3. The van der Waals surface area contributed by atoms with Crippen LogP contribution in [-0.2, 0) is 30.3 Å². The number of benzene rings is 1. The van der Waals surface area contributed by atoms with E-state index >= 15 is 0 Å². The summed E-state index contributed by atoms with van der Waals surface area (Å²) in [6.45, 7) is 4.12. The topological polar surface area (TPSA) is 104 Å². The maximum atomic E-state index is 14.2. The van der Waals surface area contributed by atoms with Crippen LogP contribution in [-0.4, -0.2) is 56.9 Å². The monoisotopic (exact) mass is 576 g/mol. The van der Waals surface area contributed by atoms with Gasteiger partial charge in [-0.05, 0) is 43.4 Å². The summed E-state index contributed by atoms with van der Waals surface area (Å²) in [6.07, 6.45) is 6.73. The number of pyridine rings is 1. The molecule has 0 aliphatic heterocycles. The van der Waals surface area contributed by atoms with Crippen LogP contribution in [0.5, 0.6) is 5.75 Å². The number of hydrogen-bond acceptors (Lipinski definition) is 8. The third-order valence-electron chi connectivity index (χ3n) is 5.94. The number of amides is 1. The molecule has 0 saturated heterocycles. The molecular weight excluding hydrogens is 547 g/mol. The van der Waals surface area contributed by atoms with E-state index in [2.05, 4.69) is 11.6 Å². The second-order valence-corrected chi connectivity index (χ2v) is 9.41. The van der Waals surface area contributed by atoms with E-state index in [-0.39, 0.29) is 42.0 Å². The van der Waals surface area contributed by atoms with Crippen molar-refractivity contribution in [2.75, 3.05) is 38.9 Å². The summed E-state index contributed by atoms with van der Waals surface area (Å²) in [7, 11) is 2.78. The molecule has 0 saturated carbocycles. The molecule has 39 heavy (non-hydrogen) atoms. The molecule has 0 atom stereocenters. The van der Waals surface area contributed by atoms with E-state index in [0.717, 1.165) is 12.8 Å². The molecule has 1 amide bonds. The fraction of sp³-hybridized carbons (Fsp3) is 0.357. The third kappa shape index (κ3) is 7.81. The molecule has 9 nitrogen and oxygen atoms in total. The number of nitrogens with zero attached hydrogens (tertiary/aromatic N) is 2. The molecule has 1 heterocycles. The maximum absolute atomic E-state index is 14.2. The van der Waals surface area contributed by atoms with Crippen molar-refractivity contribution in [1.29, 1.82) is 0 Å². The number of methoxy groups -OCH3 is 2. The van der Waals surface area contributed by atoms with Crippen LogP contribution >= 0.6 is 23.2 Å². The Kier molecular flexibility index (Phi) is 11.3. The van der Waals surface area contributed by atoms with Crippen molar-refractivity contribution in [3.63, 3.8) is 0 Å². The molecule has 1 aliphatic rings. The van der Waals surface area contributed by atoms with Crippen molar-refractivity contribution >= 4 is 46.7 Å². The van der Waals surface area contributed by atoms with Gasteiger partial charge in [0.15, 0.2) is 0 Å². The van der Waals surface area contributed by atoms with E-state index in [1.54, 1.807) is 18.2 Å². The first-order chi connectivity index (χ1) is 18.8. The highest BCUT2D eigenvalue weighted by Gasteiger charge is 2.30. The molecule has 1 aromatic heterocycles. The normalized spacial score (nSPS) is 13.0. The average molecular weight is 577 g/mol. The van der Waals surface area contributed by atoms with E-state index in [4.69, 9.17) is 42.1 Å². The van der Waals surface area contributed by atoms with Crippen molar-refractivity contribution < 1.29 is 33.3 Å². The SMILES string of the molecule is C=CCOc1cc(N(Cc2cncc(C(=O)OC)c2)C(=O)C2=C(C(=O)OCCOC)CCCC2)c(Cl)cc1Cl. The van der Waals surface area contributed by atoms with Crippen molar-refractivity contribution in [1.82, 2.24) is 4.98 Å². The van der Waals surface area contributed by atoms with Gasteiger partial charge in [-0.15, -0.1) is 0 Å². The second-order valence-electron chi connectivity index (χ2n) is 8.59. The number of anilines is 1. The Balaban J connectivity index is 2.10. The fourth-order valence-corrected chi connectivity index (χ4v) is 4.61. The van der Waals surface area contributed by atoms with Crippen LogP contribution in [0, 0.1) is 0 Å². The molecular formula is C28H30Cl2N2O7. The average Bonchev–Trinajstić information content (AvgIpc) is 2.95. The van der Waals surface area contributed by atoms with Crippen LogP contribution in [0.4, 0.5) is 5.69 Å². The van der Waals surface area contributed by atoms with E-state index < -0.39 is 17.8 Å². The molecule has 1 aromatic carbocycles. The zero-order valence-electron chi connectivity index (χ0n) is 21.8. The minimum atomic E-state index is -0.567. The van der Waals surface area contributed by atoms with Gasteiger partial charge in [0.2, 0.25) is 0 Å². The minimum absolute atomic E-state index is 0.0194. The van der Waals surface area contributed by atoms with E-state index in [0.29, 0.717) is 41.0 Å². The first-order valence-electron chi connectivity index (χ1n) is 12.3. The molecule has 0 radical (unpaired) electrons. The molecule has 2 aromatic rings. The third-order valence-corrected chi connectivity index (χ3v) is 6.54. The standard InChI is InChI=1S/C28H30Cl2N2O7/c1-4-9-38-25-14-24(22(29)13-23(25)30)32(17-18-12-19(16-31-15-18)27(34)37-3)26(33)20-7-5-6-8-21(20)28(35)39-11-10-36-2/h4,12-16H,1,5-11,17H2,2-3H3. The summed E-state index contributed by atoms with van der Waals surface area (Å²) in [5.41, 5.74) is 1.71. The van der Waals surface area contributed by atoms with Crippen LogP contribution in [0.3, 0.4) is 0 Å². The Bertz CT molecular complexity index is 1260. The lowest BCUT2D eigenvalue weighted by Gasteiger charge is -2.28. The van der Waals surface area contributed by atoms with Gasteiger partial charge >= 0.3 is 11.9 Å². The number of rotatable bonds is 12. The Labute approximate surface area is 237 Å². The molecule has 0 fully saturated rings. The summed E-state index contributed by atoms with van der Waals surface area (Å²) in [5, 5.41) is 0.448. The number of hydrogen-bond donors (Lipinski definition) is 0. The first-order valence-corrected chi connectivity index (χ1v) is 13.0. The number of esters is 2. The summed E-state index contributed by atoms with van der Waals surface area (Å²) in [4.78, 5) is 44.7. The van der Waals surface area contributed by atoms with Gasteiger partial charge in [0.25, 0.3) is 5.91 Å². The predicted molar refractivity (Wildman–Crippen MR) is 147 cm³/mol. The molecule has 0 N–H and O–H groups in total. The number of carbonyl (C=O) groups is 3. The lowest BCUT2D eigenvalue weighted by atomic mass is 9.90. The number of ether oxygens (including phenoxy) is 4. The smallest absolute Gasteiger partial charge is 0.339 e. The fourth-order valence-electron chi connectivity index (χ4n) is 4.07. The lowest BCUT2D eigenvalue weighted by Crippen LogP contribution is -2.34. The molecule has 3 rings (SSSR count). The Morgan fingerprint density at radius 2 is 1.74 bits per heavy atom. The minimum Gasteiger partial charge on any atom is -0.488 e. The highest BCUT2D eigenvalue weighted by atomic mass is 35.5. The quantitative estimate of drug-likeness (QED) is 0.189. The molecule has 0 bridgehead atoms. The van der Waals surface area contributed by atoms with Crippen LogP contribution < -0.4 is 9.64 Å². The second kappa shape index (κ2) is 14.7. The van der Waals surface area contributed by atoms with Gasteiger partial charge in [-0.2, -0.15) is 0 Å². The van der Waals surface area contributed by atoms with Crippen molar-refractivity contribution in [3.05, 3.63) is 75.6 Å². The van der Waals surface area contributed by atoms with Gasteiger partial charge < -0.3 is 23.8 Å². The molecule has 208 valence electrons. The van der Waals surface area contributed by atoms with Crippen LogP contribution in [0.25, 0.3) is 0 Å². The van der Waals surface area contributed by atoms with E-state index in [9.17, 15) is 14.4 Å². The van der Waals surface area contributed by atoms with Crippen LogP contribution in [0.15, 0.2) is 54.4 Å². The summed E-state index contributed by atoms with van der Waals surface area (Å²) < 4.78 is 20.8. The molecule has 0 spiro atoms. The van der Waals surface area contributed by atoms with Gasteiger partial charge in [-0.25, -0.2) is 9.59 Å². The molecule has 1 aliphatic carbocycles. The zero-order chi connectivity index (χ0) is 28.4. The molecule has 11 heteroatoms. The van der Waals surface area contributed by atoms with Gasteiger partial charge in [0.05, 0.1) is 41.6 Å². The first kappa shape index (κ1) is 30.1. The van der Waals surface area contributed by atoms with Crippen molar-refractivity contribution in [3.8, 4) is 5.75 Å². The number of halogens is 2. The predicted octanol–water partition coefficient (Wildman–Crippen LogP) is 5.33.